The topological polar surface area (TPSA) is 50.7 Å². The Morgan fingerprint density at radius 1 is 1.23 bits per heavy atom. The SMILES string of the molecule is c1cc(NC2CCCCC2)nnn1. The molecule has 0 amide bonds. The molecule has 1 N–H and O–H groups in total. The second kappa shape index (κ2) is 4.16. The molecule has 0 aliphatic heterocycles. The number of anilines is 1. The van der Waals surface area contributed by atoms with Crippen LogP contribution in [0.25, 0.3) is 0 Å². The van der Waals surface area contributed by atoms with Crippen molar-refractivity contribution in [1.82, 2.24) is 15.4 Å². The second-order valence-corrected chi connectivity index (χ2v) is 3.49. The monoisotopic (exact) mass is 178 g/mol. The molecule has 0 unspecified atom stereocenters. The predicted molar refractivity (Wildman–Crippen MR) is 50.3 cm³/mol. The van der Waals surface area contributed by atoms with E-state index in [-0.39, 0.29) is 0 Å². The number of rotatable bonds is 2. The van der Waals surface area contributed by atoms with Gasteiger partial charge in [0, 0.05) is 12.1 Å². The standard InChI is InChI=1S/C9H14N4/c1-2-4-8(5-3-1)11-9-6-7-10-13-12-9/h6-8H,1-5H2,(H,10,11,12). The zero-order valence-corrected chi connectivity index (χ0v) is 7.61. The molecule has 1 aliphatic carbocycles. The molecule has 2 rings (SSSR count). The highest BCUT2D eigenvalue weighted by molar-refractivity contribution is 5.31. The third-order valence-corrected chi connectivity index (χ3v) is 2.46. The van der Waals surface area contributed by atoms with Gasteiger partial charge in [0.05, 0.1) is 6.20 Å². The summed E-state index contributed by atoms with van der Waals surface area (Å²) in [4.78, 5) is 0. The highest BCUT2D eigenvalue weighted by Crippen LogP contribution is 2.19. The first kappa shape index (κ1) is 8.41. The van der Waals surface area contributed by atoms with E-state index in [0.717, 1.165) is 5.82 Å². The van der Waals surface area contributed by atoms with Crippen LogP contribution in [0.1, 0.15) is 32.1 Å². The van der Waals surface area contributed by atoms with Crippen molar-refractivity contribution in [1.29, 1.82) is 0 Å². The lowest BCUT2D eigenvalue weighted by molar-refractivity contribution is 0.461. The van der Waals surface area contributed by atoms with Gasteiger partial charge in [-0.15, -0.1) is 10.2 Å². The Balaban J connectivity index is 1.90. The largest absolute Gasteiger partial charge is 0.366 e. The molecule has 4 heteroatoms. The normalized spacial score (nSPS) is 18.5. The smallest absolute Gasteiger partial charge is 0.152 e. The molecule has 0 atom stereocenters. The van der Waals surface area contributed by atoms with Crippen LogP contribution in [0.4, 0.5) is 5.82 Å². The van der Waals surface area contributed by atoms with Gasteiger partial charge in [-0.25, -0.2) is 0 Å². The molecule has 1 aromatic heterocycles. The minimum atomic E-state index is 0.588. The van der Waals surface area contributed by atoms with Crippen LogP contribution in [0.15, 0.2) is 12.3 Å². The van der Waals surface area contributed by atoms with Crippen LogP contribution in [0.2, 0.25) is 0 Å². The van der Waals surface area contributed by atoms with Crippen LogP contribution in [-0.4, -0.2) is 21.5 Å². The van der Waals surface area contributed by atoms with Crippen LogP contribution in [0.3, 0.4) is 0 Å². The molecule has 1 saturated carbocycles. The molecule has 0 bridgehead atoms. The summed E-state index contributed by atoms with van der Waals surface area (Å²) in [5.74, 6) is 0.849. The molecule has 1 heterocycles. The van der Waals surface area contributed by atoms with Crippen molar-refractivity contribution >= 4 is 5.82 Å². The van der Waals surface area contributed by atoms with Gasteiger partial charge in [-0.3, -0.25) is 0 Å². The summed E-state index contributed by atoms with van der Waals surface area (Å²) in [6.45, 7) is 0. The van der Waals surface area contributed by atoms with Gasteiger partial charge in [0.1, 0.15) is 0 Å². The van der Waals surface area contributed by atoms with Crippen LogP contribution in [0, 0.1) is 0 Å². The van der Waals surface area contributed by atoms with Gasteiger partial charge in [-0.2, -0.15) is 0 Å². The van der Waals surface area contributed by atoms with E-state index < -0.39 is 0 Å². The highest BCUT2D eigenvalue weighted by atomic mass is 15.3. The number of nitrogens with zero attached hydrogens (tertiary/aromatic N) is 3. The molecule has 0 saturated heterocycles. The molecular weight excluding hydrogens is 164 g/mol. The molecule has 70 valence electrons. The maximum absolute atomic E-state index is 3.90. The van der Waals surface area contributed by atoms with E-state index in [1.165, 1.54) is 32.1 Å². The Morgan fingerprint density at radius 2 is 2.08 bits per heavy atom. The van der Waals surface area contributed by atoms with E-state index in [0.29, 0.717) is 6.04 Å². The van der Waals surface area contributed by atoms with Crippen LogP contribution < -0.4 is 5.32 Å². The zero-order valence-electron chi connectivity index (χ0n) is 7.61. The first-order valence-electron chi connectivity index (χ1n) is 4.86. The lowest BCUT2D eigenvalue weighted by Crippen LogP contribution is -2.22. The van der Waals surface area contributed by atoms with Crippen molar-refractivity contribution in [2.75, 3.05) is 5.32 Å². The minimum absolute atomic E-state index is 0.588. The lowest BCUT2D eigenvalue weighted by atomic mass is 9.95. The number of aromatic nitrogens is 3. The third kappa shape index (κ3) is 2.37. The molecule has 0 aromatic carbocycles. The van der Waals surface area contributed by atoms with E-state index in [9.17, 15) is 0 Å². The van der Waals surface area contributed by atoms with Gasteiger partial charge in [-0.1, -0.05) is 19.3 Å². The quantitative estimate of drug-likeness (QED) is 0.747. The molecule has 4 nitrogen and oxygen atoms in total. The average molecular weight is 178 g/mol. The fraction of sp³-hybridized carbons (Fsp3) is 0.667. The average Bonchev–Trinajstić information content (AvgIpc) is 2.21. The lowest BCUT2D eigenvalue weighted by Gasteiger charge is -2.22. The Labute approximate surface area is 77.8 Å². The van der Waals surface area contributed by atoms with Crippen molar-refractivity contribution < 1.29 is 0 Å². The summed E-state index contributed by atoms with van der Waals surface area (Å²) in [5.41, 5.74) is 0. The van der Waals surface area contributed by atoms with Crippen LogP contribution in [0.5, 0.6) is 0 Å². The van der Waals surface area contributed by atoms with Crippen molar-refractivity contribution in [2.45, 2.75) is 38.1 Å². The second-order valence-electron chi connectivity index (χ2n) is 3.49. The van der Waals surface area contributed by atoms with Gasteiger partial charge < -0.3 is 5.32 Å². The van der Waals surface area contributed by atoms with Gasteiger partial charge >= 0.3 is 0 Å². The van der Waals surface area contributed by atoms with E-state index in [4.69, 9.17) is 0 Å². The summed E-state index contributed by atoms with van der Waals surface area (Å²) in [6.07, 6.45) is 8.21. The Kier molecular flexibility index (Phi) is 2.69. The fourth-order valence-electron chi connectivity index (χ4n) is 1.77. The summed E-state index contributed by atoms with van der Waals surface area (Å²) >= 11 is 0. The summed E-state index contributed by atoms with van der Waals surface area (Å²) in [5, 5.41) is 14.5. The first-order chi connectivity index (χ1) is 6.45. The molecule has 1 aliphatic rings. The highest BCUT2D eigenvalue weighted by Gasteiger charge is 2.12. The number of hydrogen-bond donors (Lipinski definition) is 1. The van der Waals surface area contributed by atoms with Crippen LogP contribution >= 0.6 is 0 Å². The molecule has 1 aromatic rings. The summed E-state index contributed by atoms with van der Waals surface area (Å²) in [6, 6.07) is 2.45. The van der Waals surface area contributed by atoms with Gasteiger partial charge in [-0.05, 0) is 18.1 Å². The van der Waals surface area contributed by atoms with Crippen LogP contribution in [-0.2, 0) is 0 Å². The Bertz CT molecular complexity index is 243. The first-order valence-corrected chi connectivity index (χ1v) is 4.86. The minimum Gasteiger partial charge on any atom is -0.366 e. The maximum Gasteiger partial charge on any atom is 0.152 e. The van der Waals surface area contributed by atoms with Gasteiger partial charge in [0.2, 0.25) is 0 Å². The molecule has 1 fully saturated rings. The van der Waals surface area contributed by atoms with Crippen molar-refractivity contribution in [3.05, 3.63) is 12.3 Å². The van der Waals surface area contributed by atoms with E-state index in [1.807, 2.05) is 6.07 Å². The van der Waals surface area contributed by atoms with E-state index >= 15 is 0 Å². The number of nitrogens with one attached hydrogen (secondary N) is 1. The molecule has 13 heavy (non-hydrogen) atoms. The molecule has 0 radical (unpaired) electrons. The zero-order chi connectivity index (χ0) is 8.93. The van der Waals surface area contributed by atoms with Crippen molar-refractivity contribution in [3.8, 4) is 0 Å². The van der Waals surface area contributed by atoms with Crippen molar-refractivity contribution in [2.24, 2.45) is 0 Å². The fourth-order valence-corrected chi connectivity index (χ4v) is 1.77. The molecular formula is C9H14N4. The Hall–Kier alpha value is -1.19. The van der Waals surface area contributed by atoms with E-state index in [2.05, 4.69) is 20.7 Å². The summed E-state index contributed by atoms with van der Waals surface area (Å²) in [7, 11) is 0. The van der Waals surface area contributed by atoms with E-state index in [1.54, 1.807) is 6.20 Å². The Morgan fingerprint density at radius 3 is 2.77 bits per heavy atom. The predicted octanol–water partition coefficient (Wildman–Crippen LogP) is 1.62. The molecule has 0 spiro atoms. The van der Waals surface area contributed by atoms with Gasteiger partial charge in [0.15, 0.2) is 5.82 Å². The van der Waals surface area contributed by atoms with Gasteiger partial charge in [0.25, 0.3) is 0 Å². The van der Waals surface area contributed by atoms with Crippen molar-refractivity contribution in [3.63, 3.8) is 0 Å². The summed E-state index contributed by atoms with van der Waals surface area (Å²) < 4.78 is 0. The third-order valence-electron chi connectivity index (χ3n) is 2.46. The maximum atomic E-state index is 3.90. The number of hydrogen-bond acceptors (Lipinski definition) is 4.